The van der Waals surface area contributed by atoms with Crippen molar-refractivity contribution < 1.29 is 17.6 Å². The Morgan fingerprint density at radius 2 is 2.06 bits per heavy atom. The second kappa shape index (κ2) is 4.68. The molecule has 0 spiro atoms. The lowest BCUT2D eigenvalue weighted by Crippen LogP contribution is -2.27. The molecule has 0 saturated carbocycles. The molecule has 1 saturated heterocycles. The summed E-state index contributed by atoms with van der Waals surface area (Å²) in [6.07, 6.45) is -0.252. The Labute approximate surface area is 113 Å². The first-order valence-corrected chi connectivity index (χ1v) is 7.73. The zero-order valence-electron chi connectivity index (χ0n) is 8.94. The fraction of sp³-hybridized carbons (Fsp3) is 0.300. The number of carbonyl (C=O) groups is 1. The maximum atomic E-state index is 13.6. The monoisotopic (exact) mass is 311 g/mol. The van der Waals surface area contributed by atoms with Crippen LogP contribution in [0.1, 0.15) is 6.42 Å². The number of anilines is 1. The lowest BCUT2D eigenvalue weighted by Gasteiger charge is -2.17. The molecule has 1 fully saturated rings. The summed E-state index contributed by atoms with van der Waals surface area (Å²) in [4.78, 5) is 12.7. The molecule has 1 unspecified atom stereocenters. The van der Waals surface area contributed by atoms with Crippen LogP contribution in [-0.4, -0.2) is 26.1 Å². The van der Waals surface area contributed by atoms with Crippen molar-refractivity contribution in [3.8, 4) is 0 Å². The number of halogens is 3. The Bertz CT molecular complexity index is 605. The highest BCUT2D eigenvalue weighted by atomic mass is 35.7. The molecule has 98 valence electrons. The topological polar surface area (TPSA) is 54.5 Å². The van der Waals surface area contributed by atoms with Gasteiger partial charge < -0.3 is 4.90 Å². The number of rotatable bonds is 2. The lowest BCUT2D eigenvalue weighted by atomic mass is 10.3. The highest BCUT2D eigenvalue weighted by molar-refractivity contribution is 8.14. The summed E-state index contributed by atoms with van der Waals surface area (Å²) in [6.45, 7) is -0.165. The quantitative estimate of drug-likeness (QED) is 0.786. The Morgan fingerprint density at radius 1 is 1.39 bits per heavy atom. The van der Waals surface area contributed by atoms with Crippen LogP contribution >= 0.6 is 22.3 Å². The predicted octanol–water partition coefficient (Wildman–Crippen LogP) is 2.15. The van der Waals surface area contributed by atoms with Crippen LogP contribution in [0.4, 0.5) is 10.1 Å². The Hall–Kier alpha value is -0.850. The third-order valence-electron chi connectivity index (χ3n) is 2.69. The normalized spacial score (nSPS) is 20.5. The van der Waals surface area contributed by atoms with E-state index < -0.39 is 26.0 Å². The van der Waals surface area contributed by atoms with Gasteiger partial charge in [-0.2, -0.15) is 0 Å². The molecule has 1 aromatic rings. The van der Waals surface area contributed by atoms with Gasteiger partial charge in [0.2, 0.25) is 15.0 Å². The number of nitrogens with zero attached hydrogens (tertiary/aromatic N) is 1. The van der Waals surface area contributed by atoms with Gasteiger partial charge in [-0.1, -0.05) is 11.6 Å². The largest absolute Gasteiger partial charge is 0.308 e. The molecule has 0 N–H and O–H groups in total. The van der Waals surface area contributed by atoms with Gasteiger partial charge in [0.1, 0.15) is 11.1 Å². The second-order valence-electron chi connectivity index (χ2n) is 3.90. The summed E-state index contributed by atoms with van der Waals surface area (Å²) in [7, 11) is 1.36. The van der Waals surface area contributed by atoms with Crippen LogP contribution in [0.15, 0.2) is 18.2 Å². The molecular formula is C10H8Cl2FNO3S. The minimum Gasteiger partial charge on any atom is -0.308 e. The van der Waals surface area contributed by atoms with Crippen molar-refractivity contribution in [1.29, 1.82) is 0 Å². The molecule has 8 heteroatoms. The molecule has 2 rings (SSSR count). The summed E-state index contributed by atoms with van der Waals surface area (Å²) in [5.74, 6) is -1.13. The first-order chi connectivity index (χ1) is 8.29. The van der Waals surface area contributed by atoms with Gasteiger partial charge in [0.05, 0.1) is 5.69 Å². The molecule has 1 atom stereocenters. The minimum atomic E-state index is -3.85. The molecule has 0 radical (unpaired) electrons. The zero-order valence-corrected chi connectivity index (χ0v) is 11.3. The van der Waals surface area contributed by atoms with Crippen LogP contribution < -0.4 is 4.90 Å². The first kappa shape index (κ1) is 13.6. The third-order valence-corrected chi connectivity index (χ3v) is 4.79. The van der Waals surface area contributed by atoms with E-state index in [1.165, 1.54) is 12.1 Å². The minimum absolute atomic E-state index is 0.0321. The van der Waals surface area contributed by atoms with E-state index in [2.05, 4.69) is 0 Å². The van der Waals surface area contributed by atoms with Gasteiger partial charge in [0, 0.05) is 28.7 Å². The number of hydrogen-bond acceptors (Lipinski definition) is 3. The second-order valence-corrected chi connectivity index (χ2v) is 7.25. The number of amides is 1. The maximum Gasteiger partial charge on any atom is 0.237 e. The van der Waals surface area contributed by atoms with Crippen molar-refractivity contribution in [1.82, 2.24) is 0 Å². The molecule has 4 nitrogen and oxygen atoms in total. The number of hydrogen-bond donors (Lipinski definition) is 0. The molecule has 0 aliphatic carbocycles. The van der Waals surface area contributed by atoms with E-state index in [-0.39, 0.29) is 23.7 Å². The van der Waals surface area contributed by atoms with E-state index in [4.69, 9.17) is 22.3 Å². The van der Waals surface area contributed by atoms with E-state index in [1.807, 2.05) is 0 Å². The maximum absolute atomic E-state index is 13.6. The SMILES string of the molecule is O=C1CC(S(=O)(=O)Cl)CN1c1cc(Cl)ccc1F. The number of benzene rings is 1. The van der Waals surface area contributed by atoms with Gasteiger partial charge in [-0.05, 0) is 18.2 Å². The number of carbonyl (C=O) groups excluding carboxylic acids is 1. The van der Waals surface area contributed by atoms with Gasteiger partial charge in [-0.25, -0.2) is 12.8 Å². The molecular weight excluding hydrogens is 304 g/mol. The molecule has 1 aromatic carbocycles. The van der Waals surface area contributed by atoms with E-state index in [1.54, 1.807) is 0 Å². The van der Waals surface area contributed by atoms with Crippen LogP contribution in [0.25, 0.3) is 0 Å². The highest BCUT2D eigenvalue weighted by Gasteiger charge is 2.38. The van der Waals surface area contributed by atoms with Gasteiger partial charge in [-0.3, -0.25) is 4.79 Å². The van der Waals surface area contributed by atoms with Gasteiger partial charge in [0.25, 0.3) is 0 Å². The Kier molecular flexibility index (Phi) is 3.53. The lowest BCUT2D eigenvalue weighted by molar-refractivity contribution is -0.117. The fourth-order valence-electron chi connectivity index (χ4n) is 1.79. The van der Waals surface area contributed by atoms with E-state index in [0.29, 0.717) is 0 Å². The standard InChI is InChI=1S/C10H8Cl2FNO3S/c11-6-1-2-8(13)9(3-6)14-5-7(4-10(14)15)18(12,16)17/h1-3,7H,4-5H2. The van der Waals surface area contributed by atoms with Crippen molar-refractivity contribution in [2.45, 2.75) is 11.7 Å². The van der Waals surface area contributed by atoms with Crippen LogP contribution in [0.3, 0.4) is 0 Å². The summed E-state index contributed by atoms with van der Waals surface area (Å²) >= 11 is 5.72. The molecule has 0 bridgehead atoms. The first-order valence-electron chi connectivity index (χ1n) is 4.98. The summed E-state index contributed by atoms with van der Waals surface area (Å²) in [5, 5.41) is -0.763. The smallest absolute Gasteiger partial charge is 0.237 e. The van der Waals surface area contributed by atoms with Crippen molar-refractivity contribution in [2.75, 3.05) is 11.4 Å². The Balaban J connectivity index is 2.35. The molecule has 1 aliphatic heterocycles. The molecule has 0 aromatic heterocycles. The van der Waals surface area contributed by atoms with E-state index >= 15 is 0 Å². The average Bonchev–Trinajstić information content (AvgIpc) is 2.64. The third kappa shape index (κ3) is 2.60. The highest BCUT2D eigenvalue weighted by Crippen LogP contribution is 2.30. The Morgan fingerprint density at radius 3 is 2.61 bits per heavy atom. The molecule has 1 aliphatic rings. The van der Waals surface area contributed by atoms with Crippen LogP contribution in [0.2, 0.25) is 5.02 Å². The van der Waals surface area contributed by atoms with Gasteiger partial charge in [0.15, 0.2) is 0 Å². The molecule has 1 heterocycles. The summed E-state index contributed by atoms with van der Waals surface area (Å²) in [5.41, 5.74) is -0.0321. The van der Waals surface area contributed by atoms with E-state index in [9.17, 15) is 17.6 Å². The summed E-state index contributed by atoms with van der Waals surface area (Å²) < 4.78 is 35.9. The fourth-order valence-corrected chi connectivity index (χ4v) is 2.98. The average molecular weight is 312 g/mol. The van der Waals surface area contributed by atoms with Crippen molar-refractivity contribution in [2.24, 2.45) is 0 Å². The van der Waals surface area contributed by atoms with Crippen LogP contribution in [-0.2, 0) is 13.8 Å². The van der Waals surface area contributed by atoms with Crippen molar-refractivity contribution >= 4 is 42.9 Å². The van der Waals surface area contributed by atoms with Crippen LogP contribution in [0, 0.1) is 5.82 Å². The van der Waals surface area contributed by atoms with Gasteiger partial charge >= 0.3 is 0 Å². The van der Waals surface area contributed by atoms with Crippen molar-refractivity contribution in [3.63, 3.8) is 0 Å². The molecule has 1 amide bonds. The van der Waals surface area contributed by atoms with Crippen LogP contribution in [0.5, 0.6) is 0 Å². The zero-order chi connectivity index (χ0) is 13.5. The van der Waals surface area contributed by atoms with E-state index in [0.717, 1.165) is 11.0 Å². The summed E-state index contributed by atoms with van der Waals surface area (Å²) in [6, 6.07) is 3.74. The van der Waals surface area contributed by atoms with Gasteiger partial charge in [-0.15, -0.1) is 0 Å². The predicted molar refractivity (Wildman–Crippen MR) is 66.9 cm³/mol. The molecule has 18 heavy (non-hydrogen) atoms. The van der Waals surface area contributed by atoms with Crippen molar-refractivity contribution in [3.05, 3.63) is 29.0 Å².